The van der Waals surface area contributed by atoms with E-state index in [-0.39, 0.29) is 0 Å². The number of benzene rings is 2. The van der Waals surface area contributed by atoms with Gasteiger partial charge >= 0.3 is 0 Å². The Kier molecular flexibility index (Phi) is 6.55. The lowest BCUT2D eigenvalue weighted by Gasteiger charge is -2.11. The van der Waals surface area contributed by atoms with E-state index in [9.17, 15) is 0 Å². The maximum absolute atomic E-state index is 6.08. The molecule has 0 unspecified atom stereocenters. The van der Waals surface area contributed by atoms with E-state index >= 15 is 0 Å². The number of hydrogen-bond donors (Lipinski definition) is 0. The van der Waals surface area contributed by atoms with Crippen LogP contribution in [-0.2, 0) is 5.75 Å². The van der Waals surface area contributed by atoms with Crippen LogP contribution in [0.3, 0.4) is 0 Å². The van der Waals surface area contributed by atoms with Gasteiger partial charge in [-0.2, -0.15) is 4.98 Å². The normalized spacial score (nSPS) is 11.0. The van der Waals surface area contributed by atoms with Crippen LogP contribution in [0.4, 0.5) is 0 Å². The van der Waals surface area contributed by atoms with Gasteiger partial charge < -0.3 is 9.26 Å². The Morgan fingerprint density at radius 1 is 1.03 bits per heavy atom. The van der Waals surface area contributed by atoms with E-state index in [1.807, 2.05) is 60.0 Å². The Balaban J connectivity index is 1.43. The van der Waals surface area contributed by atoms with Crippen LogP contribution in [0.2, 0.25) is 5.02 Å². The zero-order chi connectivity index (χ0) is 23.3. The fraction of sp³-hybridized carbons (Fsp3) is 0.125. The van der Waals surface area contributed by atoms with Crippen molar-refractivity contribution in [2.24, 2.45) is 0 Å². The number of hydrogen-bond acceptors (Lipinski definition) is 8. The first kappa shape index (κ1) is 22.1. The molecule has 5 aromatic rings. The average Bonchev–Trinajstić information content (AvgIpc) is 3.51. The van der Waals surface area contributed by atoms with Crippen LogP contribution in [0.5, 0.6) is 5.75 Å². The van der Waals surface area contributed by atoms with Crippen LogP contribution < -0.4 is 4.74 Å². The third kappa shape index (κ3) is 4.80. The number of rotatable bonds is 8. The Bertz CT molecular complexity index is 1390. The predicted molar refractivity (Wildman–Crippen MR) is 130 cm³/mol. The summed E-state index contributed by atoms with van der Waals surface area (Å²) in [4.78, 5) is 8.72. The first-order valence-corrected chi connectivity index (χ1v) is 11.9. The maximum Gasteiger partial charge on any atom is 0.237 e. The number of pyridine rings is 1. The van der Waals surface area contributed by atoms with Crippen LogP contribution in [0.25, 0.3) is 28.5 Å². The van der Waals surface area contributed by atoms with Gasteiger partial charge in [-0.15, -0.1) is 10.2 Å². The monoisotopic (exact) mass is 490 g/mol. The van der Waals surface area contributed by atoms with E-state index in [4.69, 9.17) is 20.9 Å². The number of ether oxygens (including phenoxy) is 1. The van der Waals surface area contributed by atoms with Crippen molar-refractivity contribution in [2.45, 2.75) is 17.8 Å². The molecular weight excluding hydrogens is 472 g/mol. The second kappa shape index (κ2) is 10.1. The van der Waals surface area contributed by atoms with Gasteiger partial charge in [0.1, 0.15) is 5.75 Å². The minimum absolute atomic E-state index is 0.426. The van der Waals surface area contributed by atoms with Crippen LogP contribution in [-0.4, -0.2) is 36.5 Å². The molecule has 0 N–H and O–H groups in total. The molecule has 0 aliphatic heterocycles. The van der Waals surface area contributed by atoms with Crippen LogP contribution in [0.1, 0.15) is 12.8 Å². The molecule has 5 rings (SSSR count). The van der Waals surface area contributed by atoms with Crippen molar-refractivity contribution in [3.63, 3.8) is 0 Å². The topological polar surface area (TPSA) is 91.8 Å². The standard InChI is InChI=1S/C24H19ClN6O2S/c1-2-32-20-10-8-19(9-11-20)31-23(17-6-4-12-26-14-17)28-29-24(31)34-15-21-27-22(30-33-21)16-5-3-7-18(25)13-16/h3-14H,2,15H2,1H3. The maximum atomic E-state index is 6.08. The first-order chi connectivity index (χ1) is 16.7. The fourth-order valence-electron chi connectivity index (χ4n) is 3.32. The summed E-state index contributed by atoms with van der Waals surface area (Å²) in [7, 11) is 0. The summed E-state index contributed by atoms with van der Waals surface area (Å²) in [5.74, 6) is 2.88. The molecule has 3 aromatic heterocycles. The van der Waals surface area contributed by atoms with E-state index in [1.165, 1.54) is 11.8 Å². The lowest BCUT2D eigenvalue weighted by atomic mass is 10.2. The summed E-state index contributed by atoms with van der Waals surface area (Å²) >= 11 is 7.53. The lowest BCUT2D eigenvalue weighted by Crippen LogP contribution is -2.00. The van der Waals surface area contributed by atoms with Crippen molar-refractivity contribution in [1.82, 2.24) is 29.9 Å². The molecule has 0 amide bonds. The number of thioether (sulfide) groups is 1. The van der Waals surface area contributed by atoms with Crippen molar-refractivity contribution >= 4 is 23.4 Å². The molecular formula is C24H19ClN6O2S. The van der Waals surface area contributed by atoms with E-state index < -0.39 is 0 Å². The molecule has 0 saturated carbocycles. The third-order valence-corrected chi connectivity index (χ3v) is 5.98. The Hall–Kier alpha value is -3.69. The molecule has 2 aromatic carbocycles. The fourth-order valence-corrected chi connectivity index (χ4v) is 4.30. The van der Waals surface area contributed by atoms with Gasteiger partial charge in [-0.25, -0.2) is 0 Å². The Labute approximate surface area is 205 Å². The molecule has 10 heteroatoms. The van der Waals surface area contributed by atoms with Gasteiger partial charge in [-0.05, 0) is 55.5 Å². The van der Waals surface area contributed by atoms with E-state index in [1.54, 1.807) is 24.5 Å². The molecule has 8 nitrogen and oxygen atoms in total. The predicted octanol–water partition coefficient (Wildman–Crippen LogP) is 5.72. The molecule has 0 aliphatic rings. The third-order valence-electron chi connectivity index (χ3n) is 4.83. The average molecular weight is 491 g/mol. The second-order valence-corrected chi connectivity index (χ2v) is 8.50. The Morgan fingerprint density at radius 3 is 2.65 bits per heavy atom. The number of aromatic nitrogens is 6. The summed E-state index contributed by atoms with van der Waals surface area (Å²) < 4.78 is 13.0. The number of halogens is 1. The molecule has 0 fully saturated rings. The highest BCUT2D eigenvalue weighted by Gasteiger charge is 2.18. The van der Waals surface area contributed by atoms with Crippen molar-refractivity contribution in [3.05, 3.63) is 84.0 Å². The SMILES string of the molecule is CCOc1ccc(-n2c(SCc3nc(-c4cccc(Cl)c4)no3)nnc2-c2cccnc2)cc1. The molecule has 0 radical (unpaired) electrons. The van der Waals surface area contributed by atoms with E-state index in [0.717, 1.165) is 22.6 Å². The van der Waals surface area contributed by atoms with Gasteiger partial charge in [-0.1, -0.05) is 40.7 Å². The van der Waals surface area contributed by atoms with Crippen molar-refractivity contribution in [2.75, 3.05) is 6.61 Å². The van der Waals surface area contributed by atoms with Crippen molar-refractivity contribution in [1.29, 1.82) is 0 Å². The smallest absolute Gasteiger partial charge is 0.237 e. The molecule has 170 valence electrons. The summed E-state index contributed by atoms with van der Waals surface area (Å²) in [6.07, 6.45) is 3.49. The molecule has 34 heavy (non-hydrogen) atoms. The molecule has 0 atom stereocenters. The van der Waals surface area contributed by atoms with Gasteiger partial charge in [-0.3, -0.25) is 9.55 Å². The first-order valence-electron chi connectivity index (χ1n) is 10.5. The zero-order valence-electron chi connectivity index (χ0n) is 18.1. The number of nitrogens with zero attached hydrogens (tertiary/aromatic N) is 6. The van der Waals surface area contributed by atoms with Gasteiger partial charge in [0.15, 0.2) is 11.0 Å². The highest BCUT2D eigenvalue weighted by Crippen LogP contribution is 2.30. The van der Waals surface area contributed by atoms with Crippen LogP contribution in [0, 0.1) is 0 Å². The van der Waals surface area contributed by atoms with Crippen molar-refractivity contribution < 1.29 is 9.26 Å². The van der Waals surface area contributed by atoms with Crippen LogP contribution in [0.15, 0.2) is 82.7 Å². The molecule has 0 bridgehead atoms. The highest BCUT2D eigenvalue weighted by atomic mass is 35.5. The lowest BCUT2D eigenvalue weighted by molar-refractivity contribution is 0.340. The van der Waals surface area contributed by atoms with Crippen molar-refractivity contribution in [3.8, 4) is 34.2 Å². The summed E-state index contributed by atoms with van der Waals surface area (Å²) in [6, 6.07) is 19.0. The second-order valence-electron chi connectivity index (χ2n) is 7.12. The van der Waals surface area contributed by atoms with Gasteiger partial charge in [0.05, 0.1) is 12.4 Å². The molecule has 3 heterocycles. The van der Waals surface area contributed by atoms with Gasteiger partial charge in [0, 0.05) is 34.2 Å². The minimum atomic E-state index is 0.426. The van der Waals surface area contributed by atoms with Gasteiger partial charge in [0.2, 0.25) is 11.7 Å². The Morgan fingerprint density at radius 2 is 1.88 bits per heavy atom. The molecule has 0 aliphatic carbocycles. The molecule has 0 spiro atoms. The summed E-state index contributed by atoms with van der Waals surface area (Å²) in [6.45, 7) is 2.56. The quantitative estimate of drug-likeness (QED) is 0.255. The summed E-state index contributed by atoms with van der Waals surface area (Å²) in [5.41, 5.74) is 2.56. The zero-order valence-corrected chi connectivity index (χ0v) is 19.7. The van der Waals surface area contributed by atoms with E-state index in [2.05, 4.69) is 25.3 Å². The van der Waals surface area contributed by atoms with Crippen LogP contribution >= 0.6 is 23.4 Å². The summed E-state index contributed by atoms with van der Waals surface area (Å²) in [5, 5.41) is 14.2. The largest absolute Gasteiger partial charge is 0.494 e. The molecule has 0 saturated heterocycles. The minimum Gasteiger partial charge on any atom is -0.494 e. The van der Waals surface area contributed by atoms with Gasteiger partial charge in [0.25, 0.3) is 0 Å². The highest BCUT2D eigenvalue weighted by molar-refractivity contribution is 7.98. The van der Waals surface area contributed by atoms with E-state index in [0.29, 0.717) is 40.1 Å².